The summed E-state index contributed by atoms with van der Waals surface area (Å²) in [6.07, 6.45) is 1.62. The molecule has 34 heavy (non-hydrogen) atoms. The lowest BCUT2D eigenvalue weighted by molar-refractivity contribution is -0.148. The number of urea groups is 1. The molecule has 0 aliphatic rings. The largest absolute Gasteiger partial charge is 0.465 e. The van der Waals surface area contributed by atoms with Crippen molar-refractivity contribution in [3.63, 3.8) is 0 Å². The van der Waals surface area contributed by atoms with Crippen LogP contribution in [0.4, 0.5) is 4.79 Å². The highest BCUT2D eigenvalue weighted by atomic mass is 16.5. The van der Waals surface area contributed by atoms with E-state index in [4.69, 9.17) is 19.9 Å². The van der Waals surface area contributed by atoms with Crippen molar-refractivity contribution in [2.45, 2.75) is 85.7 Å². The minimum atomic E-state index is -1.07. The van der Waals surface area contributed by atoms with Crippen LogP contribution in [0.2, 0.25) is 0 Å². The summed E-state index contributed by atoms with van der Waals surface area (Å²) in [7, 11) is 0. The topological polar surface area (TPSA) is 146 Å². The van der Waals surface area contributed by atoms with Gasteiger partial charge < -0.3 is 30.6 Å². The maximum Gasteiger partial charge on any atom is 0.328 e. The van der Waals surface area contributed by atoms with Crippen molar-refractivity contribution < 1.29 is 33.4 Å². The summed E-state index contributed by atoms with van der Waals surface area (Å²) in [5.74, 6) is -1.21. The van der Waals surface area contributed by atoms with Gasteiger partial charge in [-0.15, -0.1) is 0 Å². The van der Waals surface area contributed by atoms with E-state index in [-0.39, 0.29) is 50.4 Å². The highest BCUT2D eigenvalue weighted by molar-refractivity contribution is 5.87. The lowest BCUT2D eigenvalue weighted by Gasteiger charge is -2.22. The number of nitrogens with two attached hydrogens (primary N) is 1. The average Bonchev–Trinajstić information content (AvgIpc) is 2.76. The number of ether oxygens (including phenoxy) is 3. The molecule has 0 aliphatic heterocycles. The number of hydrogen-bond acceptors (Lipinski definition) is 8. The maximum atomic E-state index is 12.7. The molecular formula is C24H45N3O7. The Balaban J connectivity index is 5.14. The second-order valence-electron chi connectivity index (χ2n) is 9.67. The fourth-order valence-corrected chi connectivity index (χ4v) is 2.64. The summed E-state index contributed by atoms with van der Waals surface area (Å²) < 4.78 is 15.7. The Bertz CT molecular complexity index is 624. The van der Waals surface area contributed by atoms with Gasteiger partial charge in [-0.05, 0) is 50.0 Å². The summed E-state index contributed by atoms with van der Waals surface area (Å²) in [4.78, 5) is 49.7. The number of amides is 2. The first-order valence-corrected chi connectivity index (χ1v) is 12.2. The van der Waals surface area contributed by atoms with Crippen molar-refractivity contribution in [1.29, 1.82) is 0 Å². The lowest BCUT2D eigenvalue weighted by atomic mass is 10.1. The van der Waals surface area contributed by atoms with E-state index < -0.39 is 36.0 Å². The molecule has 10 heteroatoms. The summed E-state index contributed by atoms with van der Waals surface area (Å²) in [6, 6.07) is -2.67. The molecule has 0 rings (SSSR count). The van der Waals surface area contributed by atoms with E-state index in [0.29, 0.717) is 25.8 Å². The van der Waals surface area contributed by atoms with Crippen molar-refractivity contribution in [2.24, 2.45) is 23.5 Å². The van der Waals surface area contributed by atoms with E-state index in [1.807, 2.05) is 41.5 Å². The first-order chi connectivity index (χ1) is 16.0. The fourth-order valence-electron chi connectivity index (χ4n) is 2.64. The van der Waals surface area contributed by atoms with E-state index in [0.717, 1.165) is 0 Å². The van der Waals surface area contributed by atoms with E-state index in [1.54, 1.807) is 0 Å². The average molecular weight is 488 g/mol. The number of unbranched alkanes of at least 4 members (excludes halogenated alkanes) is 1. The molecular weight excluding hydrogens is 442 g/mol. The second-order valence-corrected chi connectivity index (χ2v) is 9.67. The zero-order valence-corrected chi connectivity index (χ0v) is 21.7. The van der Waals surface area contributed by atoms with Crippen LogP contribution in [-0.2, 0) is 28.6 Å². The SMILES string of the molecule is CC(C)COC(=O)CCC(NC(=O)NC(CCCCN)C(=O)OCC(C)C)C(=O)OCC(C)C. The second kappa shape index (κ2) is 18.0. The Morgan fingerprint density at radius 2 is 1.12 bits per heavy atom. The van der Waals surface area contributed by atoms with E-state index >= 15 is 0 Å². The minimum absolute atomic E-state index is 0.0108. The molecule has 0 radical (unpaired) electrons. The van der Waals surface area contributed by atoms with Crippen molar-refractivity contribution in [2.75, 3.05) is 26.4 Å². The van der Waals surface area contributed by atoms with E-state index in [2.05, 4.69) is 10.6 Å². The standard InChI is InChI=1S/C24H45N3O7/c1-16(2)13-32-21(28)11-10-20(23(30)34-15-18(5)6)27-24(31)26-19(9-7-8-12-25)22(29)33-14-17(3)4/h16-20H,7-15,25H2,1-6H3,(H2,26,27,31). The zero-order chi connectivity index (χ0) is 26.1. The van der Waals surface area contributed by atoms with Gasteiger partial charge in [0.25, 0.3) is 0 Å². The Hall–Kier alpha value is -2.36. The predicted molar refractivity (Wildman–Crippen MR) is 129 cm³/mol. The third-order valence-corrected chi connectivity index (χ3v) is 4.46. The molecule has 10 nitrogen and oxygen atoms in total. The molecule has 0 spiro atoms. The molecule has 0 aliphatic carbocycles. The van der Waals surface area contributed by atoms with Gasteiger partial charge in [-0.2, -0.15) is 0 Å². The van der Waals surface area contributed by atoms with Crippen LogP contribution in [0, 0.1) is 17.8 Å². The van der Waals surface area contributed by atoms with Gasteiger partial charge in [0.1, 0.15) is 12.1 Å². The molecule has 0 heterocycles. The predicted octanol–water partition coefficient (Wildman–Crippen LogP) is 2.53. The van der Waals surface area contributed by atoms with Crippen LogP contribution in [0.3, 0.4) is 0 Å². The Morgan fingerprint density at radius 3 is 1.56 bits per heavy atom. The van der Waals surface area contributed by atoms with Gasteiger partial charge in [0, 0.05) is 6.42 Å². The molecule has 198 valence electrons. The molecule has 2 atom stereocenters. The molecule has 0 aromatic carbocycles. The van der Waals surface area contributed by atoms with Crippen LogP contribution in [0.25, 0.3) is 0 Å². The summed E-state index contributed by atoms with van der Waals surface area (Å²) in [5, 5.41) is 5.12. The molecule has 0 saturated carbocycles. The van der Waals surface area contributed by atoms with E-state index in [9.17, 15) is 19.2 Å². The first-order valence-electron chi connectivity index (χ1n) is 12.2. The number of carbonyl (C=O) groups is 4. The van der Waals surface area contributed by atoms with Crippen LogP contribution in [0.5, 0.6) is 0 Å². The van der Waals surface area contributed by atoms with Crippen molar-refractivity contribution in [3.8, 4) is 0 Å². The van der Waals surface area contributed by atoms with Crippen molar-refractivity contribution in [1.82, 2.24) is 10.6 Å². The number of carbonyl (C=O) groups excluding carboxylic acids is 4. The van der Waals surface area contributed by atoms with Gasteiger partial charge in [-0.3, -0.25) is 4.79 Å². The van der Waals surface area contributed by atoms with Gasteiger partial charge in [0.15, 0.2) is 0 Å². The molecule has 0 aromatic rings. The smallest absolute Gasteiger partial charge is 0.328 e. The fraction of sp³-hybridized carbons (Fsp3) is 0.833. The normalized spacial score (nSPS) is 12.9. The lowest BCUT2D eigenvalue weighted by Crippen LogP contribution is -2.52. The number of esters is 3. The molecule has 0 saturated heterocycles. The van der Waals surface area contributed by atoms with Crippen molar-refractivity contribution >= 4 is 23.9 Å². The Kier molecular flexibility index (Phi) is 16.8. The molecule has 4 N–H and O–H groups in total. The van der Waals surface area contributed by atoms with Gasteiger partial charge in [0.05, 0.1) is 19.8 Å². The maximum absolute atomic E-state index is 12.7. The monoisotopic (exact) mass is 487 g/mol. The molecule has 0 bridgehead atoms. The molecule has 0 aromatic heterocycles. The van der Waals surface area contributed by atoms with Crippen LogP contribution >= 0.6 is 0 Å². The van der Waals surface area contributed by atoms with Gasteiger partial charge in [-0.25, -0.2) is 14.4 Å². The number of hydrogen-bond donors (Lipinski definition) is 3. The summed E-state index contributed by atoms with van der Waals surface area (Å²) >= 11 is 0. The van der Waals surface area contributed by atoms with Crippen LogP contribution in [-0.4, -0.2) is 62.4 Å². The van der Waals surface area contributed by atoms with Gasteiger partial charge in [-0.1, -0.05) is 41.5 Å². The summed E-state index contributed by atoms with van der Waals surface area (Å²) in [5.41, 5.74) is 5.53. The highest BCUT2D eigenvalue weighted by Gasteiger charge is 2.27. The van der Waals surface area contributed by atoms with Gasteiger partial charge in [0.2, 0.25) is 0 Å². The highest BCUT2D eigenvalue weighted by Crippen LogP contribution is 2.07. The van der Waals surface area contributed by atoms with Crippen LogP contribution in [0.15, 0.2) is 0 Å². The third-order valence-electron chi connectivity index (χ3n) is 4.46. The van der Waals surface area contributed by atoms with E-state index in [1.165, 1.54) is 0 Å². The summed E-state index contributed by atoms with van der Waals surface area (Å²) in [6.45, 7) is 12.6. The molecule has 2 unspecified atom stereocenters. The molecule has 0 fully saturated rings. The van der Waals surface area contributed by atoms with Crippen LogP contribution < -0.4 is 16.4 Å². The quantitative estimate of drug-likeness (QED) is 0.161. The third kappa shape index (κ3) is 16.3. The van der Waals surface area contributed by atoms with Crippen LogP contribution in [0.1, 0.15) is 73.6 Å². The number of nitrogens with one attached hydrogen (secondary N) is 2. The minimum Gasteiger partial charge on any atom is -0.465 e. The first kappa shape index (κ1) is 31.6. The number of rotatable bonds is 17. The zero-order valence-electron chi connectivity index (χ0n) is 21.7. The molecule has 2 amide bonds. The van der Waals surface area contributed by atoms with Crippen molar-refractivity contribution in [3.05, 3.63) is 0 Å². The Labute approximate surface area is 204 Å². The Morgan fingerprint density at radius 1 is 0.676 bits per heavy atom. The van der Waals surface area contributed by atoms with Gasteiger partial charge >= 0.3 is 23.9 Å².